The van der Waals surface area contributed by atoms with Crippen LogP contribution >= 0.6 is 0 Å². The molecule has 0 saturated heterocycles. The third-order valence-corrected chi connectivity index (χ3v) is 2.92. The molecule has 0 atom stereocenters. The molecule has 0 saturated carbocycles. The Kier molecular flexibility index (Phi) is 3.36. The predicted molar refractivity (Wildman–Crippen MR) is 73.7 cm³/mol. The molecule has 0 fully saturated rings. The van der Waals surface area contributed by atoms with Gasteiger partial charge in [-0.15, -0.1) is 0 Å². The van der Waals surface area contributed by atoms with Crippen molar-refractivity contribution in [2.45, 2.75) is 26.3 Å². The van der Waals surface area contributed by atoms with Crippen LogP contribution in [0, 0.1) is 11.3 Å². The molecule has 1 aromatic carbocycles. The van der Waals surface area contributed by atoms with Gasteiger partial charge >= 0.3 is 6.03 Å². The van der Waals surface area contributed by atoms with Gasteiger partial charge in [0.1, 0.15) is 6.54 Å². The van der Waals surface area contributed by atoms with Crippen molar-refractivity contribution < 1.29 is 9.59 Å². The van der Waals surface area contributed by atoms with Crippen molar-refractivity contribution in [3.8, 4) is 6.07 Å². The van der Waals surface area contributed by atoms with E-state index < -0.39 is 11.6 Å². The molecule has 0 bridgehead atoms. The zero-order valence-electron chi connectivity index (χ0n) is 11.7. The fourth-order valence-corrected chi connectivity index (χ4v) is 2.15. The first-order valence-corrected chi connectivity index (χ1v) is 6.25. The van der Waals surface area contributed by atoms with Crippen LogP contribution in [-0.4, -0.2) is 34.0 Å². The number of anilines is 1. The molecular formula is C14H16N4O2. The Morgan fingerprint density at radius 2 is 1.90 bits per heavy atom. The Balaban J connectivity index is 2.58. The van der Waals surface area contributed by atoms with Crippen LogP contribution in [0.3, 0.4) is 0 Å². The SMILES string of the molecule is CC(C)(C)N1C(=O)c2ccccc2NC(=O)N1CC#N. The third-order valence-electron chi connectivity index (χ3n) is 2.92. The summed E-state index contributed by atoms with van der Waals surface area (Å²) >= 11 is 0. The molecule has 0 radical (unpaired) electrons. The Labute approximate surface area is 117 Å². The van der Waals surface area contributed by atoms with E-state index in [2.05, 4.69) is 5.32 Å². The highest BCUT2D eigenvalue weighted by Crippen LogP contribution is 2.27. The van der Waals surface area contributed by atoms with Crippen LogP contribution in [0.5, 0.6) is 0 Å². The summed E-state index contributed by atoms with van der Waals surface area (Å²) in [5.74, 6) is -0.304. The molecule has 1 heterocycles. The van der Waals surface area contributed by atoms with E-state index in [-0.39, 0.29) is 12.5 Å². The maximum atomic E-state index is 12.7. The zero-order chi connectivity index (χ0) is 14.9. The Hall–Kier alpha value is -2.55. The summed E-state index contributed by atoms with van der Waals surface area (Å²) in [5, 5.41) is 14.0. The fraction of sp³-hybridized carbons (Fsp3) is 0.357. The number of rotatable bonds is 1. The lowest BCUT2D eigenvalue weighted by atomic mass is 10.1. The van der Waals surface area contributed by atoms with Gasteiger partial charge in [-0.2, -0.15) is 5.26 Å². The average molecular weight is 272 g/mol. The number of benzene rings is 1. The number of nitrogens with one attached hydrogen (secondary N) is 1. The highest BCUT2D eigenvalue weighted by molar-refractivity contribution is 6.07. The first-order valence-electron chi connectivity index (χ1n) is 6.25. The number of carbonyl (C=O) groups is 2. The predicted octanol–water partition coefficient (Wildman–Crippen LogP) is 2.21. The van der Waals surface area contributed by atoms with Crippen LogP contribution in [0.4, 0.5) is 10.5 Å². The van der Waals surface area contributed by atoms with Gasteiger partial charge in [0.25, 0.3) is 5.91 Å². The number of nitriles is 1. The first-order chi connectivity index (χ1) is 9.36. The van der Waals surface area contributed by atoms with Crippen molar-refractivity contribution in [2.24, 2.45) is 0 Å². The van der Waals surface area contributed by atoms with Crippen molar-refractivity contribution in [1.29, 1.82) is 5.26 Å². The molecule has 0 aromatic heterocycles. The number of hydrazine groups is 1. The largest absolute Gasteiger partial charge is 0.341 e. The van der Waals surface area contributed by atoms with Crippen LogP contribution in [0.2, 0.25) is 0 Å². The number of hydrogen-bond acceptors (Lipinski definition) is 3. The first kappa shape index (κ1) is 13.9. The average Bonchev–Trinajstić information content (AvgIpc) is 2.46. The number of para-hydroxylation sites is 1. The van der Waals surface area contributed by atoms with E-state index in [1.54, 1.807) is 24.3 Å². The summed E-state index contributed by atoms with van der Waals surface area (Å²) in [4.78, 5) is 24.9. The van der Waals surface area contributed by atoms with Crippen LogP contribution in [0.15, 0.2) is 24.3 Å². The summed E-state index contributed by atoms with van der Waals surface area (Å²) in [6.07, 6.45) is 0. The molecule has 1 aliphatic heterocycles. The second-order valence-corrected chi connectivity index (χ2v) is 5.48. The maximum absolute atomic E-state index is 12.7. The smallest absolute Gasteiger partial charge is 0.306 e. The van der Waals surface area contributed by atoms with Crippen molar-refractivity contribution in [3.63, 3.8) is 0 Å². The number of hydrogen-bond donors (Lipinski definition) is 1. The standard InChI is InChI=1S/C14H16N4O2/c1-14(2,3)18-12(19)10-6-4-5-7-11(10)16-13(20)17(18)9-8-15/h4-7H,9H2,1-3H3,(H,16,20). The quantitative estimate of drug-likeness (QED) is 0.796. The molecular weight excluding hydrogens is 256 g/mol. The molecule has 0 aliphatic carbocycles. The summed E-state index contributed by atoms with van der Waals surface area (Å²) in [6, 6.07) is 8.24. The molecule has 6 heteroatoms. The maximum Gasteiger partial charge on any atom is 0.341 e. The molecule has 3 amide bonds. The summed E-state index contributed by atoms with van der Waals surface area (Å²) in [5.41, 5.74) is 0.247. The molecule has 20 heavy (non-hydrogen) atoms. The number of carbonyl (C=O) groups excluding carboxylic acids is 2. The molecule has 2 rings (SSSR count). The lowest BCUT2D eigenvalue weighted by Crippen LogP contribution is -2.57. The van der Waals surface area contributed by atoms with E-state index in [0.717, 1.165) is 5.01 Å². The van der Waals surface area contributed by atoms with E-state index >= 15 is 0 Å². The molecule has 6 nitrogen and oxygen atoms in total. The van der Waals surface area contributed by atoms with E-state index in [9.17, 15) is 9.59 Å². The van der Waals surface area contributed by atoms with Gasteiger partial charge in [-0.3, -0.25) is 4.79 Å². The van der Waals surface area contributed by atoms with Gasteiger partial charge in [-0.05, 0) is 32.9 Å². The van der Waals surface area contributed by atoms with Crippen molar-refractivity contribution in [2.75, 3.05) is 11.9 Å². The van der Waals surface area contributed by atoms with Gasteiger partial charge in [0.15, 0.2) is 0 Å². The van der Waals surface area contributed by atoms with Gasteiger partial charge in [0.05, 0.1) is 22.9 Å². The number of urea groups is 1. The zero-order valence-corrected chi connectivity index (χ0v) is 11.7. The minimum Gasteiger partial charge on any atom is -0.306 e. The van der Waals surface area contributed by atoms with Gasteiger partial charge in [-0.25, -0.2) is 14.8 Å². The van der Waals surface area contributed by atoms with Crippen molar-refractivity contribution >= 4 is 17.6 Å². The van der Waals surface area contributed by atoms with E-state index in [0.29, 0.717) is 11.3 Å². The Morgan fingerprint density at radius 3 is 2.50 bits per heavy atom. The molecule has 0 unspecified atom stereocenters. The molecule has 1 N–H and O–H groups in total. The van der Waals surface area contributed by atoms with E-state index in [1.165, 1.54) is 5.01 Å². The van der Waals surface area contributed by atoms with Gasteiger partial charge in [0, 0.05) is 0 Å². The highest BCUT2D eigenvalue weighted by atomic mass is 16.2. The van der Waals surface area contributed by atoms with E-state index in [1.807, 2.05) is 26.8 Å². The lowest BCUT2D eigenvalue weighted by molar-refractivity contribution is -0.0218. The second-order valence-electron chi connectivity index (χ2n) is 5.48. The molecule has 0 spiro atoms. The van der Waals surface area contributed by atoms with Gasteiger partial charge in [0.2, 0.25) is 0 Å². The van der Waals surface area contributed by atoms with Crippen molar-refractivity contribution in [1.82, 2.24) is 10.0 Å². The highest BCUT2D eigenvalue weighted by Gasteiger charge is 2.38. The second kappa shape index (κ2) is 4.85. The Bertz CT molecular complexity index is 598. The molecule has 1 aliphatic rings. The summed E-state index contributed by atoms with van der Waals surface area (Å²) in [6.45, 7) is 5.26. The van der Waals surface area contributed by atoms with Crippen LogP contribution < -0.4 is 5.32 Å². The summed E-state index contributed by atoms with van der Waals surface area (Å²) in [7, 11) is 0. The third kappa shape index (κ3) is 2.30. The Morgan fingerprint density at radius 1 is 1.25 bits per heavy atom. The topological polar surface area (TPSA) is 76.4 Å². The lowest BCUT2D eigenvalue weighted by Gasteiger charge is -2.40. The van der Waals surface area contributed by atoms with Crippen LogP contribution in [0.1, 0.15) is 31.1 Å². The van der Waals surface area contributed by atoms with Crippen LogP contribution in [0.25, 0.3) is 0 Å². The minimum atomic E-state index is -0.622. The minimum absolute atomic E-state index is 0.192. The van der Waals surface area contributed by atoms with E-state index in [4.69, 9.17) is 5.26 Å². The van der Waals surface area contributed by atoms with Crippen molar-refractivity contribution in [3.05, 3.63) is 29.8 Å². The summed E-state index contributed by atoms with van der Waals surface area (Å²) < 4.78 is 0. The van der Waals surface area contributed by atoms with Gasteiger partial charge in [-0.1, -0.05) is 12.1 Å². The van der Waals surface area contributed by atoms with Gasteiger partial charge < -0.3 is 5.32 Å². The number of fused-ring (bicyclic) bond motifs is 1. The fourth-order valence-electron chi connectivity index (χ4n) is 2.15. The monoisotopic (exact) mass is 272 g/mol. The normalized spacial score (nSPS) is 15.3. The van der Waals surface area contributed by atoms with Crippen LogP contribution in [-0.2, 0) is 0 Å². The molecule has 1 aromatic rings. The number of amides is 3. The number of nitrogens with zero attached hydrogens (tertiary/aromatic N) is 3. The molecule has 104 valence electrons.